The van der Waals surface area contributed by atoms with Gasteiger partial charge in [0, 0.05) is 19.3 Å². The van der Waals surface area contributed by atoms with Gasteiger partial charge in [0.15, 0.2) is 0 Å². The van der Waals surface area contributed by atoms with Gasteiger partial charge in [0.05, 0.1) is 13.2 Å². The quantitative estimate of drug-likeness (QED) is 0.0344. The molecule has 0 amide bonds. The maximum Gasteiger partial charge on any atom is 0.306 e. The van der Waals surface area contributed by atoms with Gasteiger partial charge in [0.25, 0.3) is 0 Å². The third-order valence-electron chi connectivity index (χ3n) is 12.3. The van der Waals surface area contributed by atoms with Crippen LogP contribution in [0.4, 0.5) is 0 Å². The summed E-state index contributed by atoms with van der Waals surface area (Å²) in [7, 11) is 0. The van der Waals surface area contributed by atoms with Crippen LogP contribution in [0.25, 0.3) is 0 Å². The lowest BCUT2D eigenvalue weighted by Gasteiger charge is -2.20. The van der Waals surface area contributed by atoms with E-state index in [0.717, 1.165) is 103 Å². The lowest BCUT2D eigenvalue weighted by molar-refractivity contribution is -0.150. The van der Waals surface area contributed by atoms with Crippen molar-refractivity contribution in [2.45, 2.75) is 266 Å². The van der Waals surface area contributed by atoms with Crippen molar-refractivity contribution in [3.05, 3.63) is 0 Å². The third kappa shape index (κ3) is 37.4. The van der Waals surface area contributed by atoms with Crippen molar-refractivity contribution in [1.82, 2.24) is 4.90 Å². The van der Waals surface area contributed by atoms with Crippen molar-refractivity contribution < 1.29 is 28.6 Å². The Morgan fingerprint density at radius 2 is 0.724 bits per heavy atom. The van der Waals surface area contributed by atoms with Crippen molar-refractivity contribution in [1.29, 1.82) is 0 Å². The van der Waals surface area contributed by atoms with E-state index in [0.29, 0.717) is 44.3 Å². The van der Waals surface area contributed by atoms with E-state index in [2.05, 4.69) is 46.4 Å². The zero-order valence-corrected chi connectivity index (χ0v) is 39.7. The Balaban J connectivity index is 4.28. The zero-order chi connectivity index (χ0) is 42.7. The van der Waals surface area contributed by atoms with E-state index in [-0.39, 0.29) is 24.0 Å². The summed E-state index contributed by atoms with van der Waals surface area (Å²) in [5.74, 6) is 1.33. The second kappa shape index (κ2) is 43.5. The molecule has 0 aromatic carbocycles. The molecule has 0 saturated carbocycles. The smallest absolute Gasteiger partial charge is 0.306 e. The van der Waals surface area contributed by atoms with Crippen molar-refractivity contribution in [3.8, 4) is 0 Å². The van der Waals surface area contributed by atoms with Gasteiger partial charge in [0.1, 0.15) is 6.10 Å². The molecule has 0 bridgehead atoms. The summed E-state index contributed by atoms with van der Waals surface area (Å²) in [6.07, 6.45) is 37.2. The molecule has 0 radical (unpaired) electrons. The van der Waals surface area contributed by atoms with Gasteiger partial charge in [-0.15, -0.1) is 0 Å². The first-order valence-corrected chi connectivity index (χ1v) is 25.6. The molecule has 344 valence electrons. The van der Waals surface area contributed by atoms with Crippen LogP contribution < -0.4 is 0 Å². The molecule has 0 rings (SSSR count). The molecule has 0 unspecified atom stereocenters. The molecule has 0 heterocycles. The van der Waals surface area contributed by atoms with Crippen LogP contribution in [-0.2, 0) is 28.6 Å². The monoisotopic (exact) mass is 822 g/mol. The third-order valence-corrected chi connectivity index (χ3v) is 12.3. The van der Waals surface area contributed by atoms with Crippen molar-refractivity contribution in [2.75, 3.05) is 32.8 Å². The molecule has 58 heavy (non-hydrogen) atoms. The van der Waals surface area contributed by atoms with Crippen molar-refractivity contribution in [3.63, 3.8) is 0 Å². The van der Waals surface area contributed by atoms with Crippen LogP contribution in [-0.4, -0.2) is 61.8 Å². The predicted octanol–water partition coefficient (Wildman–Crippen LogP) is 14.9. The Bertz CT molecular complexity index is 835. The highest BCUT2D eigenvalue weighted by molar-refractivity contribution is 5.70. The molecule has 7 heteroatoms. The van der Waals surface area contributed by atoms with E-state index in [4.69, 9.17) is 14.2 Å². The lowest BCUT2D eigenvalue weighted by Crippen LogP contribution is -2.25. The SMILES string of the molecule is CCCCC(CCCC)CCOC(=O)CCCCCCCCCC(CCCCCCCCCC(=O)OCCC(CCCC)CCCC)OC(=O)CCCN(CC)CC. The van der Waals surface area contributed by atoms with Gasteiger partial charge in [-0.2, -0.15) is 0 Å². The van der Waals surface area contributed by atoms with Crippen molar-refractivity contribution in [2.24, 2.45) is 11.8 Å². The average molecular weight is 822 g/mol. The van der Waals surface area contributed by atoms with Gasteiger partial charge in [-0.3, -0.25) is 14.4 Å². The number of hydrogen-bond acceptors (Lipinski definition) is 7. The Morgan fingerprint density at radius 3 is 1.09 bits per heavy atom. The summed E-state index contributed by atoms with van der Waals surface area (Å²) in [5.41, 5.74) is 0. The Kier molecular flexibility index (Phi) is 42.2. The number of carbonyl (C=O) groups is 3. The molecule has 7 nitrogen and oxygen atoms in total. The summed E-state index contributed by atoms with van der Waals surface area (Å²) < 4.78 is 17.3. The van der Waals surface area contributed by atoms with Crippen molar-refractivity contribution >= 4 is 17.9 Å². The lowest BCUT2D eigenvalue weighted by atomic mass is 9.93. The van der Waals surface area contributed by atoms with E-state index in [1.54, 1.807) is 0 Å². The standard InChI is InChI=1S/C51H99NO6/c1-7-13-32-46(33-14-8-2)41-44-56-49(53)38-29-25-21-17-19-23-27-36-48(58-51(55)40-31-43-52(11-5)12-6)37-28-24-20-18-22-26-30-39-50(54)57-45-42-47(34-15-9-3)35-16-10-4/h46-48H,7-45H2,1-6H3. The minimum absolute atomic E-state index is 0.0217. The highest BCUT2D eigenvalue weighted by Crippen LogP contribution is 2.22. The maximum absolute atomic E-state index is 12.8. The number of unbranched alkanes of at least 4 members (excludes halogenated alkanes) is 16. The van der Waals surface area contributed by atoms with Gasteiger partial charge < -0.3 is 19.1 Å². The van der Waals surface area contributed by atoms with Crippen LogP contribution in [0.15, 0.2) is 0 Å². The molecule has 0 atom stereocenters. The molecule has 0 fully saturated rings. The fourth-order valence-electron chi connectivity index (χ4n) is 8.20. The molecule has 0 aliphatic heterocycles. The summed E-state index contributed by atoms with van der Waals surface area (Å²) in [5, 5.41) is 0. The summed E-state index contributed by atoms with van der Waals surface area (Å²) >= 11 is 0. The van der Waals surface area contributed by atoms with E-state index < -0.39 is 0 Å². The van der Waals surface area contributed by atoms with E-state index in [1.807, 2.05) is 0 Å². The summed E-state index contributed by atoms with van der Waals surface area (Å²) in [4.78, 5) is 39.7. The molecule has 0 spiro atoms. The van der Waals surface area contributed by atoms with Gasteiger partial charge in [-0.1, -0.05) is 183 Å². The van der Waals surface area contributed by atoms with Gasteiger partial charge in [-0.05, 0) is 89.3 Å². The number of hydrogen-bond donors (Lipinski definition) is 0. The normalized spacial score (nSPS) is 11.7. The van der Waals surface area contributed by atoms with E-state index >= 15 is 0 Å². The molecule has 0 saturated heterocycles. The molecule has 0 aliphatic rings. The number of carbonyl (C=O) groups excluding carboxylic acids is 3. The first kappa shape index (κ1) is 56.4. The van der Waals surface area contributed by atoms with Crippen LogP contribution in [0.1, 0.15) is 260 Å². The average Bonchev–Trinajstić information content (AvgIpc) is 3.22. The van der Waals surface area contributed by atoms with Crippen LogP contribution in [0, 0.1) is 11.8 Å². The summed E-state index contributed by atoms with van der Waals surface area (Å²) in [6, 6.07) is 0. The molecular formula is C51H99NO6. The second-order valence-corrected chi connectivity index (χ2v) is 17.6. The molecule has 0 N–H and O–H groups in total. The van der Waals surface area contributed by atoms with Crippen LogP contribution in [0.3, 0.4) is 0 Å². The number of esters is 3. The zero-order valence-electron chi connectivity index (χ0n) is 39.7. The Labute approximate surface area is 361 Å². The fraction of sp³-hybridized carbons (Fsp3) is 0.941. The van der Waals surface area contributed by atoms with Gasteiger partial charge in [0.2, 0.25) is 0 Å². The number of ether oxygens (including phenoxy) is 3. The van der Waals surface area contributed by atoms with Crippen LogP contribution >= 0.6 is 0 Å². The Hall–Kier alpha value is -1.63. The van der Waals surface area contributed by atoms with Crippen LogP contribution in [0.2, 0.25) is 0 Å². The maximum atomic E-state index is 12.8. The largest absolute Gasteiger partial charge is 0.466 e. The molecule has 0 aliphatic carbocycles. The highest BCUT2D eigenvalue weighted by atomic mass is 16.5. The van der Waals surface area contributed by atoms with E-state index in [9.17, 15) is 14.4 Å². The molecule has 0 aromatic rings. The molecule has 0 aromatic heterocycles. The Morgan fingerprint density at radius 1 is 0.379 bits per heavy atom. The fourth-order valence-corrected chi connectivity index (χ4v) is 8.20. The summed E-state index contributed by atoms with van der Waals surface area (Å²) in [6.45, 7) is 17.5. The predicted molar refractivity (Wildman–Crippen MR) is 246 cm³/mol. The minimum atomic E-state index is -0.0326. The second-order valence-electron chi connectivity index (χ2n) is 17.6. The minimum Gasteiger partial charge on any atom is -0.466 e. The van der Waals surface area contributed by atoms with Gasteiger partial charge >= 0.3 is 17.9 Å². The molecular weight excluding hydrogens is 723 g/mol. The first-order valence-electron chi connectivity index (χ1n) is 25.6. The highest BCUT2D eigenvalue weighted by Gasteiger charge is 2.16. The van der Waals surface area contributed by atoms with E-state index in [1.165, 1.54) is 116 Å². The number of rotatable bonds is 45. The number of nitrogens with zero attached hydrogens (tertiary/aromatic N) is 1. The van der Waals surface area contributed by atoms with Crippen LogP contribution in [0.5, 0.6) is 0 Å². The van der Waals surface area contributed by atoms with Gasteiger partial charge in [-0.25, -0.2) is 0 Å². The topological polar surface area (TPSA) is 82.1 Å². The first-order chi connectivity index (χ1) is 28.3.